The lowest BCUT2D eigenvalue weighted by Gasteiger charge is -2.44. The number of hydrogen-bond acceptors (Lipinski definition) is 6. The van der Waals surface area contributed by atoms with E-state index in [1.54, 1.807) is 0 Å². The highest BCUT2D eigenvalue weighted by Gasteiger charge is 2.44. The van der Waals surface area contributed by atoms with Crippen molar-refractivity contribution >= 4 is 79.2 Å². The first-order valence-electron chi connectivity index (χ1n) is 19.1. The molecule has 7 aromatic carbocycles. The molecule has 0 radical (unpaired) electrons. The minimum absolute atomic E-state index is 0.100. The fraction of sp³-hybridized carbons (Fsp3) is 0.0612. The Morgan fingerprint density at radius 1 is 0.464 bits per heavy atom. The summed E-state index contributed by atoms with van der Waals surface area (Å²) in [5, 5.41) is 2.18. The number of rotatable bonds is 4. The van der Waals surface area contributed by atoms with E-state index in [4.69, 9.17) is 18.3 Å². The lowest BCUT2D eigenvalue weighted by molar-refractivity contribution is 0.172. The summed E-state index contributed by atoms with van der Waals surface area (Å²) in [6.45, 7) is 3.13. The Kier molecular flexibility index (Phi) is 6.67. The van der Waals surface area contributed by atoms with Crippen LogP contribution in [0.4, 0.5) is 34.1 Å². The van der Waals surface area contributed by atoms with Crippen molar-refractivity contribution in [2.75, 3.05) is 23.0 Å². The van der Waals surface area contributed by atoms with Crippen molar-refractivity contribution in [1.29, 1.82) is 0 Å². The van der Waals surface area contributed by atoms with Crippen LogP contribution in [0.25, 0.3) is 44.6 Å². The number of anilines is 6. The second-order valence-corrected chi connectivity index (χ2v) is 14.8. The standard InChI is InChI=1S/C49H33BN2O4/c1-30-23-41-49-42(24-30)52(35-11-3-2-4-12-35)40-29-48-47(53-21-22-54-48)28-38(40)50(49)37-25-34(46-27-33-10-6-8-14-44(33)56-46)17-20-39(37)51(41)36-18-15-31(16-19-36)45-26-32-9-5-7-13-43(32)55-45/h2-20,23-29H,21-22H2,1H3. The first-order valence-corrected chi connectivity index (χ1v) is 19.1. The lowest BCUT2D eigenvalue weighted by atomic mass is 9.33. The van der Waals surface area contributed by atoms with Gasteiger partial charge < -0.3 is 28.1 Å². The maximum Gasteiger partial charge on any atom is 0.252 e. The Morgan fingerprint density at radius 2 is 1.02 bits per heavy atom. The van der Waals surface area contributed by atoms with E-state index in [1.165, 1.54) is 22.0 Å². The number of para-hydroxylation sites is 3. The smallest absolute Gasteiger partial charge is 0.252 e. The van der Waals surface area contributed by atoms with Gasteiger partial charge in [-0.25, -0.2) is 0 Å². The topological polar surface area (TPSA) is 51.2 Å². The molecule has 12 rings (SSSR count). The van der Waals surface area contributed by atoms with Crippen molar-refractivity contribution in [3.8, 4) is 34.1 Å². The molecule has 3 aliphatic rings. The van der Waals surface area contributed by atoms with Gasteiger partial charge in [0.05, 0.1) is 0 Å². The SMILES string of the molecule is Cc1cc2c3c(c1)N(c1ccccc1)c1cc4c(cc1B3c1cc(-c3cc5ccccc5o3)ccc1N2c1ccc(-c2cc3ccccc3o2)cc1)OCCO4. The van der Waals surface area contributed by atoms with Gasteiger partial charge in [0.1, 0.15) is 35.9 Å². The van der Waals surface area contributed by atoms with Crippen LogP contribution in [0.1, 0.15) is 5.56 Å². The van der Waals surface area contributed by atoms with Gasteiger partial charge in [0.25, 0.3) is 6.71 Å². The van der Waals surface area contributed by atoms with E-state index >= 15 is 0 Å². The Labute approximate surface area is 323 Å². The van der Waals surface area contributed by atoms with Gasteiger partial charge in [-0.1, -0.05) is 60.7 Å². The van der Waals surface area contributed by atoms with Gasteiger partial charge in [-0.2, -0.15) is 0 Å². The summed E-state index contributed by atoms with van der Waals surface area (Å²) in [4.78, 5) is 4.82. The molecule has 5 heterocycles. The molecule has 3 aliphatic heterocycles. The van der Waals surface area contributed by atoms with Gasteiger partial charge in [0, 0.05) is 62.1 Å². The van der Waals surface area contributed by atoms with Gasteiger partial charge in [0.15, 0.2) is 11.5 Å². The van der Waals surface area contributed by atoms with Crippen LogP contribution >= 0.6 is 0 Å². The monoisotopic (exact) mass is 724 g/mol. The van der Waals surface area contributed by atoms with Crippen molar-refractivity contribution in [1.82, 2.24) is 0 Å². The Balaban J connectivity index is 1.11. The molecule has 9 aromatic rings. The molecule has 6 nitrogen and oxygen atoms in total. The van der Waals surface area contributed by atoms with Crippen molar-refractivity contribution in [3.63, 3.8) is 0 Å². The maximum atomic E-state index is 6.48. The molecule has 0 aliphatic carbocycles. The molecule has 266 valence electrons. The van der Waals surface area contributed by atoms with Gasteiger partial charge in [-0.3, -0.25) is 0 Å². The summed E-state index contributed by atoms with van der Waals surface area (Å²) < 4.78 is 25.2. The number of ether oxygens (including phenoxy) is 2. The third kappa shape index (κ3) is 4.70. The molecule has 7 heteroatoms. The van der Waals surface area contributed by atoms with E-state index in [0.29, 0.717) is 13.2 Å². The minimum atomic E-state index is -0.100. The Bertz CT molecular complexity index is 2960. The second kappa shape index (κ2) is 11.9. The maximum absolute atomic E-state index is 6.48. The summed E-state index contributed by atoms with van der Waals surface area (Å²) in [7, 11) is 0. The zero-order valence-corrected chi connectivity index (χ0v) is 30.5. The predicted molar refractivity (Wildman–Crippen MR) is 227 cm³/mol. The molecular weight excluding hydrogens is 691 g/mol. The molecule has 0 spiro atoms. The van der Waals surface area contributed by atoms with Gasteiger partial charge in [-0.05, 0) is 120 Å². The largest absolute Gasteiger partial charge is 0.486 e. The molecule has 0 N–H and O–H groups in total. The molecule has 0 fully saturated rings. The highest BCUT2D eigenvalue weighted by molar-refractivity contribution is 7.00. The van der Waals surface area contributed by atoms with Gasteiger partial charge >= 0.3 is 0 Å². The zero-order chi connectivity index (χ0) is 36.9. The van der Waals surface area contributed by atoms with E-state index in [1.807, 2.05) is 30.3 Å². The molecule has 0 atom stereocenters. The normalized spacial score (nSPS) is 13.8. The van der Waals surface area contributed by atoms with Crippen LogP contribution in [0.5, 0.6) is 11.5 Å². The molecule has 0 saturated heterocycles. The summed E-state index contributed by atoms with van der Waals surface area (Å²) >= 11 is 0. The average molecular weight is 725 g/mol. The van der Waals surface area contributed by atoms with Crippen LogP contribution in [0.15, 0.2) is 167 Å². The van der Waals surface area contributed by atoms with Crippen molar-refractivity contribution in [3.05, 3.63) is 163 Å². The fourth-order valence-electron chi connectivity index (χ4n) is 8.98. The van der Waals surface area contributed by atoms with Crippen LogP contribution in [0.3, 0.4) is 0 Å². The average Bonchev–Trinajstić information content (AvgIpc) is 3.88. The molecule has 0 amide bonds. The molecule has 0 saturated carbocycles. The van der Waals surface area contributed by atoms with Crippen molar-refractivity contribution < 1.29 is 18.3 Å². The van der Waals surface area contributed by atoms with E-state index < -0.39 is 0 Å². The van der Waals surface area contributed by atoms with Gasteiger partial charge in [0.2, 0.25) is 0 Å². The molecule has 0 bridgehead atoms. The van der Waals surface area contributed by atoms with Crippen LogP contribution in [0.2, 0.25) is 0 Å². The molecular formula is C49H33BN2O4. The molecule has 56 heavy (non-hydrogen) atoms. The predicted octanol–water partition coefficient (Wildman–Crippen LogP) is 10.7. The third-order valence-corrected chi connectivity index (χ3v) is 11.4. The van der Waals surface area contributed by atoms with Crippen LogP contribution in [-0.4, -0.2) is 19.9 Å². The lowest BCUT2D eigenvalue weighted by Crippen LogP contribution is -2.61. The first-order chi connectivity index (χ1) is 27.6. The van der Waals surface area contributed by atoms with Crippen LogP contribution in [-0.2, 0) is 0 Å². The number of fused-ring (bicyclic) bond motifs is 7. The highest BCUT2D eigenvalue weighted by atomic mass is 16.6. The van der Waals surface area contributed by atoms with Crippen molar-refractivity contribution in [2.24, 2.45) is 0 Å². The van der Waals surface area contributed by atoms with Gasteiger partial charge in [-0.15, -0.1) is 0 Å². The van der Waals surface area contributed by atoms with E-state index in [0.717, 1.165) is 90.2 Å². The van der Waals surface area contributed by atoms with Crippen LogP contribution < -0.4 is 35.7 Å². The number of benzene rings is 7. The Hall–Kier alpha value is -7.12. The first kappa shape index (κ1) is 31.3. The highest BCUT2D eigenvalue weighted by Crippen LogP contribution is 2.47. The third-order valence-electron chi connectivity index (χ3n) is 11.4. The van der Waals surface area contributed by atoms with Crippen molar-refractivity contribution in [2.45, 2.75) is 6.92 Å². The van der Waals surface area contributed by atoms with E-state index in [2.05, 4.69) is 144 Å². The number of hydrogen-bond donors (Lipinski definition) is 0. The van der Waals surface area contributed by atoms with Crippen LogP contribution in [0, 0.1) is 6.92 Å². The summed E-state index contributed by atoms with van der Waals surface area (Å²) in [5.41, 5.74) is 15.2. The number of aryl methyl sites for hydroxylation is 1. The molecule has 0 unspecified atom stereocenters. The summed E-state index contributed by atoms with van der Waals surface area (Å²) in [6.07, 6.45) is 0. The zero-order valence-electron chi connectivity index (χ0n) is 30.5. The minimum Gasteiger partial charge on any atom is -0.486 e. The molecule has 2 aromatic heterocycles. The number of nitrogens with zero attached hydrogens (tertiary/aromatic N) is 2. The Morgan fingerprint density at radius 3 is 1.70 bits per heavy atom. The summed E-state index contributed by atoms with van der Waals surface area (Å²) in [6, 6.07) is 55.8. The van der Waals surface area contributed by atoms with E-state index in [-0.39, 0.29) is 6.71 Å². The van der Waals surface area contributed by atoms with E-state index in [9.17, 15) is 0 Å². The summed E-state index contributed by atoms with van der Waals surface area (Å²) in [5.74, 6) is 3.24. The second-order valence-electron chi connectivity index (χ2n) is 14.8. The number of furan rings is 2. The fourth-order valence-corrected chi connectivity index (χ4v) is 8.98. The quantitative estimate of drug-likeness (QED) is 0.169.